The Bertz CT molecular complexity index is 1140. The second-order valence-corrected chi connectivity index (χ2v) is 8.30. The molecule has 0 radical (unpaired) electrons. The highest BCUT2D eigenvalue weighted by molar-refractivity contribution is 5.84. The van der Waals surface area contributed by atoms with E-state index in [-0.39, 0.29) is 22.8 Å². The summed E-state index contributed by atoms with van der Waals surface area (Å²) in [5.41, 5.74) is 9.51. The fourth-order valence-corrected chi connectivity index (χ4v) is 5.08. The van der Waals surface area contributed by atoms with Crippen molar-refractivity contribution in [2.45, 2.75) is 43.9 Å². The molecule has 5 rings (SSSR count). The molecule has 0 saturated carbocycles. The molecule has 1 aliphatic heterocycles. The van der Waals surface area contributed by atoms with Crippen LogP contribution in [0, 0.1) is 0 Å². The number of hydrogen-bond acceptors (Lipinski definition) is 4. The minimum absolute atomic E-state index is 0.106. The van der Waals surface area contributed by atoms with Crippen molar-refractivity contribution >= 4 is 22.8 Å². The van der Waals surface area contributed by atoms with Crippen LogP contribution in [0.1, 0.15) is 42.5 Å². The first-order chi connectivity index (χ1) is 14.1. The first kappa shape index (κ1) is 18.0. The van der Waals surface area contributed by atoms with Crippen molar-refractivity contribution in [2.75, 3.05) is 18.8 Å². The summed E-state index contributed by atoms with van der Waals surface area (Å²) in [6, 6.07) is 8.18. The van der Waals surface area contributed by atoms with Crippen LogP contribution in [0.5, 0.6) is 0 Å². The molecule has 29 heavy (non-hydrogen) atoms. The number of anilines is 1. The van der Waals surface area contributed by atoms with Gasteiger partial charge in [0.05, 0.1) is 5.69 Å². The monoisotopic (exact) mass is 391 g/mol. The van der Waals surface area contributed by atoms with Crippen LogP contribution in [-0.4, -0.2) is 38.8 Å². The Labute approximate surface area is 168 Å². The third-order valence-electron chi connectivity index (χ3n) is 6.75. The average molecular weight is 391 g/mol. The Kier molecular flexibility index (Phi) is 4.19. The molecule has 0 atom stereocenters. The largest absolute Gasteiger partial charge is 0.369 e. The van der Waals surface area contributed by atoms with Crippen molar-refractivity contribution in [3.05, 3.63) is 57.6 Å². The molecule has 7 nitrogen and oxygen atoms in total. The first-order valence-corrected chi connectivity index (χ1v) is 10.3. The summed E-state index contributed by atoms with van der Waals surface area (Å²) < 4.78 is 0. The number of fused-ring (bicyclic) bond motifs is 3. The van der Waals surface area contributed by atoms with Gasteiger partial charge in [0, 0.05) is 47.6 Å². The van der Waals surface area contributed by atoms with E-state index in [1.165, 1.54) is 10.9 Å². The number of benzene rings is 1. The smallest absolute Gasteiger partial charge is 0.255 e. The maximum atomic E-state index is 12.8. The number of nitrogens with two attached hydrogens (primary N) is 1. The van der Waals surface area contributed by atoms with E-state index in [4.69, 9.17) is 5.73 Å². The number of aromatic amines is 2. The van der Waals surface area contributed by atoms with Gasteiger partial charge in [-0.15, -0.1) is 0 Å². The molecular formula is C22H25N5O2. The zero-order valence-corrected chi connectivity index (χ0v) is 16.3. The van der Waals surface area contributed by atoms with Crippen LogP contribution in [-0.2, 0) is 23.1 Å². The van der Waals surface area contributed by atoms with Gasteiger partial charge in [-0.25, -0.2) is 4.98 Å². The minimum atomic E-state index is -0.110. The van der Waals surface area contributed by atoms with Gasteiger partial charge in [0.2, 0.25) is 11.9 Å². The third-order valence-corrected chi connectivity index (χ3v) is 6.75. The van der Waals surface area contributed by atoms with Gasteiger partial charge in [0.15, 0.2) is 0 Å². The molecule has 1 fully saturated rings. The molecule has 1 spiro atoms. The number of rotatable bonds is 3. The number of aromatic nitrogens is 3. The van der Waals surface area contributed by atoms with E-state index in [0.717, 1.165) is 48.9 Å². The Morgan fingerprint density at radius 1 is 1.21 bits per heavy atom. The first-order valence-electron chi connectivity index (χ1n) is 10.3. The maximum absolute atomic E-state index is 12.8. The summed E-state index contributed by atoms with van der Waals surface area (Å²) in [5.74, 6) is 0.383. The van der Waals surface area contributed by atoms with E-state index in [0.29, 0.717) is 19.5 Å². The van der Waals surface area contributed by atoms with Gasteiger partial charge in [0.25, 0.3) is 5.56 Å². The molecular weight excluding hydrogens is 366 g/mol. The lowest BCUT2D eigenvalue weighted by Gasteiger charge is -2.39. The summed E-state index contributed by atoms with van der Waals surface area (Å²) >= 11 is 0. The van der Waals surface area contributed by atoms with Crippen molar-refractivity contribution < 1.29 is 4.79 Å². The predicted molar refractivity (Wildman–Crippen MR) is 112 cm³/mol. The third kappa shape index (κ3) is 3.01. The number of carbonyl (C=O) groups is 1. The van der Waals surface area contributed by atoms with Crippen LogP contribution in [0.15, 0.2) is 35.3 Å². The van der Waals surface area contributed by atoms with Gasteiger partial charge >= 0.3 is 0 Å². The van der Waals surface area contributed by atoms with Gasteiger partial charge in [-0.05, 0) is 43.7 Å². The van der Waals surface area contributed by atoms with Crippen LogP contribution in [0.3, 0.4) is 0 Å². The van der Waals surface area contributed by atoms with E-state index >= 15 is 0 Å². The highest BCUT2D eigenvalue weighted by atomic mass is 16.2. The molecule has 1 amide bonds. The zero-order chi connectivity index (χ0) is 20.0. The van der Waals surface area contributed by atoms with E-state index in [2.05, 4.69) is 27.1 Å². The lowest BCUT2D eigenvalue weighted by Crippen LogP contribution is -2.45. The van der Waals surface area contributed by atoms with E-state index in [9.17, 15) is 9.59 Å². The number of aryl methyl sites for hydroxylation is 1. The van der Waals surface area contributed by atoms with Gasteiger partial charge in [-0.3, -0.25) is 14.6 Å². The zero-order valence-electron chi connectivity index (χ0n) is 16.3. The molecule has 2 aromatic heterocycles. The number of nitrogen functional groups attached to an aromatic ring is 1. The fourth-order valence-electron chi connectivity index (χ4n) is 5.08. The summed E-state index contributed by atoms with van der Waals surface area (Å²) in [6.45, 7) is 1.42. The van der Waals surface area contributed by atoms with E-state index in [1.54, 1.807) is 0 Å². The summed E-state index contributed by atoms with van der Waals surface area (Å²) in [6.07, 6.45) is 6.60. The van der Waals surface area contributed by atoms with Crippen molar-refractivity contribution in [2.24, 2.45) is 0 Å². The number of para-hydroxylation sites is 1. The summed E-state index contributed by atoms with van der Waals surface area (Å²) in [5, 5.41) is 1.19. The lowest BCUT2D eigenvalue weighted by molar-refractivity contribution is -0.132. The second-order valence-electron chi connectivity index (χ2n) is 8.30. The molecule has 1 saturated heterocycles. The number of hydrogen-bond donors (Lipinski definition) is 3. The van der Waals surface area contributed by atoms with E-state index < -0.39 is 0 Å². The molecule has 150 valence electrons. The topological polar surface area (TPSA) is 108 Å². The molecule has 2 aliphatic rings. The van der Waals surface area contributed by atoms with Crippen LogP contribution in [0.25, 0.3) is 10.9 Å². The van der Waals surface area contributed by atoms with Gasteiger partial charge in [-0.2, -0.15) is 0 Å². The fraction of sp³-hybridized carbons (Fsp3) is 0.409. The van der Waals surface area contributed by atoms with Crippen molar-refractivity contribution in [1.29, 1.82) is 0 Å². The van der Waals surface area contributed by atoms with Gasteiger partial charge < -0.3 is 15.6 Å². The molecule has 3 heterocycles. The number of piperidine rings is 1. The summed E-state index contributed by atoms with van der Waals surface area (Å²) in [7, 11) is 0. The quantitative estimate of drug-likeness (QED) is 0.636. The normalized spacial score (nSPS) is 17.7. The molecule has 1 aliphatic carbocycles. The molecule has 0 bridgehead atoms. The molecule has 3 aromatic rings. The Balaban J connectivity index is 1.25. The van der Waals surface area contributed by atoms with Crippen molar-refractivity contribution in [3.63, 3.8) is 0 Å². The van der Waals surface area contributed by atoms with Gasteiger partial charge in [-0.1, -0.05) is 18.2 Å². The minimum Gasteiger partial charge on any atom is -0.369 e. The number of amides is 1. The molecule has 4 N–H and O–H groups in total. The van der Waals surface area contributed by atoms with Crippen LogP contribution in [0.4, 0.5) is 5.95 Å². The molecule has 0 unspecified atom stereocenters. The highest BCUT2D eigenvalue weighted by Crippen LogP contribution is 2.44. The number of H-pyrrole nitrogens is 2. The standard InChI is InChI=1S/C22H25N5O2/c23-21-25-19-16(20(29)26-21)7-8-22(19)9-11-27(12-10-22)18(28)6-5-14-13-24-17-4-2-1-3-15(14)17/h1-4,13,24H,5-12H2,(H3,23,25,26,29). The van der Waals surface area contributed by atoms with E-state index in [1.807, 2.05) is 23.2 Å². The Morgan fingerprint density at radius 3 is 2.83 bits per heavy atom. The molecule has 1 aromatic carbocycles. The van der Waals surface area contributed by atoms with Crippen LogP contribution < -0.4 is 11.3 Å². The molecule has 7 heteroatoms. The highest BCUT2D eigenvalue weighted by Gasteiger charge is 2.44. The van der Waals surface area contributed by atoms with Gasteiger partial charge in [0.1, 0.15) is 0 Å². The number of nitrogens with zero attached hydrogens (tertiary/aromatic N) is 2. The Hall–Kier alpha value is -3.09. The average Bonchev–Trinajstić information content (AvgIpc) is 3.29. The number of nitrogens with one attached hydrogen (secondary N) is 2. The van der Waals surface area contributed by atoms with Crippen LogP contribution in [0.2, 0.25) is 0 Å². The van der Waals surface area contributed by atoms with Crippen LogP contribution >= 0.6 is 0 Å². The number of likely N-dealkylation sites (tertiary alicyclic amines) is 1. The number of carbonyl (C=O) groups excluding carboxylic acids is 1. The van der Waals surface area contributed by atoms with Crippen molar-refractivity contribution in [3.8, 4) is 0 Å². The van der Waals surface area contributed by atoms with Crippen molar-refractivity contribution in [1.82, 2.24) is 19.9 Å². The second kappa shape index (κ2) is 6.76. The Morgan fingerprint density at radius 2 is 2.00 bits per heavy atom. The summed E-state index contributed by atoms with van der Waals surface area (Å²) in [4.78, 5) is 37.3. The SMILES string of the molecule is Nc1nc2c(c(=O)[nH]1)CCC21CCN(C(=O)CCc2c[nH]c3ccccc23)CC1. The predicted octanol–water partition coefficient (Wildman–Crippen LogP) is 2.27. The lowest BCUT2D eigenvalue weighted by atomic mass is 9.76. The maximum Gasteiger partial charge on any atom is 0.255 e.